The highest BCUT2D eigenvalue weighted by molar-refractivity contribution is 7.12. The summed E-state index contributed by atoms with van der Waals surface area (Å²) in [6.45, 7) is 3.94. The third-order valence-corrected chi connectivity index (χ3v) is 3.94. The molecule has 2 aromatic rings. The minimum Gasteiger partial charge on any atom is -0.321 e. The van der Waals surface area contributed by atoms with Crippen molar-refractivity contribution >= 4 is 34.6 Å². The lowest BCUT2D eigenvalue weighted by Gasteiger charge is -1.96. The Hall–Kier alpha value is -1.94. The van der Waals surface area contributed by atoms with Crippen molar-refractivity contribution in [3.8, 4) is 0 Å². The predicted molar refractivity (Wildman–Crippen MR) is 74.5 cm³/mol. The van der Waals surface area contributed by atoms with Gasteiger partial charge in [0.2, 0.25) is 0 Å². The van der Waals surface area contributed by atoms with Gasteiger partial charge >= 0.3 is 0 Å². The van der Waals surface area contributed by atoms with Gasteiger partial charge in [0.05, 0.1) is 21.2 Å². The number of nitrogens with zero attached hydrogens (tertiary/aromatic N) is 1. The molecule has 4 heteroatoms. The minimum absolute atomic E-state index is 0.0401. The van der Waals surface area contributed by atoms with Gasteiger partial charge in [0, 0.05) is 11.3 Å². The number of hydrogen-bond acceptors (Lipinski definition) is 3. The van der Waals surface area contributed by atoms with Crippen LogP contribution in [0.1, 0.15) is 21.1 Å². The van der Waals surface area contributed by atoms with Crippen LogP contribution < -0.4 is 5.32 Å². The summed E-state index contributed by atoms with van der Waals surface area (Å²) in [4.78, 5) is 17.4. The Morgan fingerprint density at radius 2 is 2.06 bits per heavy atom. The van der Waals surface area contributed by atoms with Crippen LogP contribution in [-0.2, 0) is 4.79 Å². The normalized spacial score (nSPS) is 15.9. The molecular weight excluding hydrogens is 244 g/mol. The molecule has 18 heavy (non-hydrogen) atoms. The molecule has 0 spiro atoms. The number of benzene rings is 1. The number of thiazole rings is 1. The highest BCUT2D eigenvalue weighted by atomic mass is 32.1. The summed E-state index contributed by atoms with van der Waals surface area (Å²) in [6.07, 6.45) is 1.93. The van der Waals surface area contributed by atoms with Gasteiger partial charge in [0.25, 0.3) is 5.91 Å². The molecule has 0 bridgehead atoms. The summed E-state index contributed by atoms with van der Waals surface area (Å²) in [7, 11) is 0. The highest BCUT2D eigenvalue weighted by Crippen LogP contribution is 2.34. The average molecular weight is 256 g/mol. The molecule has 0 atom stereocenters. The van der Waals surface area contributed by atoms with E-state index in [-0.39, 0.29) is 5.91 Å². The lowest BCUT2D eigenvalue weighted by Crippen LogP contribution is -2.03. The fraction of sp³-hybridized carbons (Fsp3) is 0.143. The number of hydrogen-bond donors (Lipinski definition) is 1. The topological polar surface area (TPSA) is 42.0 Å². The van der Waals surface area contributed by atoms with E-state index in [9.17, 15) is 4.79 Å². The molecule has 1 aliphatic heterocycles. The van der Waals surface area contributed by atoms with Crippen LogP contribution in [-0.4, -0.2) is 10.9 Å². The molecule has 90 valence electrons. The summed E-state index contributed by atoms with van der Waals surface area (Å²) in [5.41, 5.74) is 3.54. The van der Waals surface area contributed by atoms with Gasteiger partial charge in [0.15, 0.2) is 0 Å². The number of aryl methyl sites for hydroxylation is 2. The van der Waals surface area contributed by atoms with Gasteiger partial charge < -0.3 is 5.32 Å². The van der Waals surface area contributed by atoms with Gasteiger partial charge in [0.1, 0.15) is 0 Å². The zero-order valence-corrected chi connectivity index (χ0v) is 11.0. The van der Waals surface area contributed by atoms with Crippen LogP contribution in [0.3, 0.4) is 0 Å². The first kappa shape index (κ1) is 11.2. The Balaban J connectivity index is 2.12. The van der Waals surface area contributed by atoms with Crippen LogP contribution >= 0.6 is 11.3 Å². The third-order valence-electron chi connectivity index (χ3n) is 2.92. The second-order valence-corrected chi connectivity index (χ2v) is 5.48. The maximum absolute atomic E-state index is 12.0. The van der Waals surface area contributed by atoms with Gasteiger partial charge in [-0.3, -0.25) is 4.79 Å². The van der Waals surface area contributed by atoms with E-state index in [1.54, 1.807) is 11.3 Å². The predicted octanol–water partition coefficient (Wildman–Crippen LogP) is 3.25. The monoisotopic (exact) mass is 256 g/mol. The van der Waals surface area contributed by atoms with E-state index in [2.05, 4.69) is 10.3 Å². The third kappa shape index (κ3) is 1.75. The fourth-order valence-electron chi connectivity index (χ4n) is 2.09. The molecule has 0 aliphatic carbocycles. The Morgan fingerprint density at radius 1 is 1.28 bits per heavy atom. The van der Waals surface area contributed by atoms with Gasteiger partial charge in [-0.2, -0.15) is 0 Å². The number of carbonyl (C=O) groups is 1. The van der Waals surface area contributed by atoms with Gasteiger partial charge in [-0.1, -0.05) is 18.2 Å². The Kier molecular flexibility index (Phi) is 2.52. The number of carbonyl (C=O) groups excluding carboxylic acids is 1. The van der Waals surface area contributed by atoms with Crippen molar-refractivity contribution in [1.29, 1.82) is 0 Å². The molecule has 0 radical (unpaired) electrons. The molecule has 0 fully saturated rings. The standard InChI is InChI=1S/C14H12N2OS/c1-8-13(18-9(2)15-8)7-11-10-5-3-4-6-12(10)16-14(11)17/h3-7H,1-2H3,(H,16,17)/b11-7-. The number of amides is 1. The molecule has 3 nitrogen and oxygen atoms in total. The van der Waals surface area contributed by atoms with Crippen molar-refractivity contribution in [2.24, 2.45) is 0 Å². The Bertz CT molecular complexity index is 670. The summed E-state index contributed by atoms with van der Waals surface area (Å²) in [6, 6.07) is 7.74. The molecule has 0 saturated carbocycles. The smallest absolute Gasteiger partial charge is 0.256 e. The molecule has 1 aromatic heterocycles. The minimum atomic E-state index is -0.0401. The van der Waals surface area contributed by atoms with Crippen molar-refractivity contribution in [3.63, 3.8) is 0 Å². The van der Waals surface area contributed by atoms with Crippen molar-refractivity contribution in [2.75, 3.05) is 5.32 Å². The maximum atomic E-state index is 12.0. The quantitative estimate of drug-likeness (QED) is 0.796. The van der Waals surface area contributed by atoms with E-state index in [1.807, 2.05) is 44.2 Å². The van der Waals surface area contributed by atoms with E-state index in [4.69, 9.17) is 0 Å². The number of anilines is 1. The Labute approximate surface area is 109 Å². The van der Waals surface area contributed by atoms with Crippen molar-refractivity contribution in [3.05, 3.63) is 45.4 Å². The van der Waals surface area contributed by atoms with Crippen molar-refractivity contribution in [1.82, 2.24) is 4.98 Å². The van der Waals surface area contributed by atoms with Crippen LogP contribution in [0.25, 0.3) is 11.6 Å². The van der Waals surface area contributed by atoms with Crippen molar-refractivity contribution < 1.29 is 4.79 Å². The van der Waals surface area contributed by atoms with Crippen LogP contribution in [0.4, 0.5) is 5.69 Å². The number of para-hydroxylation sites is 1. The first-order valence-electron chi connectivity index (χ1n) is 5.71. The van der Waals surface area contributed by atoms with E-state index in [1.165, 1.54) is 0 Å². The van der Waals surface area contributed by atoms with E-state index >= 15 is 0 Å². The molecule has 1 amide bonds. The molecule has 1 aliphatic rings. The molecule has 0 unspecified atom stereocenters. The zero-order valence-electron chi connectivity index (χ0n) is 10.2. The molecular formula is C14H12N2OS. The van der Waals surface area contributed by atoms with E-state index < -0.39 is 0 Å². The van der Waals surface area contributed by atoms with E-state index in [0.29, 0.717) is 0 Å². The van der Waals surface area contributed by atoms with Crippen LogP contribution in [0.2, 0.25) is 0 Å². The van der Waals surface area contributed by atoms with Crippen molar-refractivity contribution in [2.45, 2.75) is 13.8 Å². The molecule has 1 N–H and O–H groups in total. The first-order chi connectivity index (χ1) is 8.65. The SMILES string of the molecule is Cc1nc(C)c(/C=C2\C(=O)Nc3ccccc32)s1. The second-order valence-electron chi connectivity index (χ2n) is 4.24. The highest BCUT2D eigenvalue weighted by Gasteiger charge is 2.23. The number of aromatic nitrogens is 1. The largest absolute Gasteiger partial charge is 0.321 e. The van der Waals surface area contributed by atoms with E-state index in [0.717, 1.165) is 32.4 Å². The molecule has 3 rings (SSSR count). The molecule has 0 saturated heterocycles. The molecule has 1 aromatic carbocycles. The first-order valence-corrected chi connectivity index (χ1v) is 6.53. The number of rotatable bonds is 1. The van der Waals surface area contributed by atoms with Crippen LogP contribution in [0.5, 0.6) is 0 Å². The maximum Gasteiger partial charge on any atom is 0.256 e. The molecule has 2 heterocycles. The van der Waals surface area contributed by atoms with Crippen LogP contribution in [0, 0.1) is 13.8 Å². The van der Waals surface area contributed by atoms with Gasteiger partial charge in [-0.25, -0.2) is 4.98 Å². The van der Waals surface area contributed by atoms with Gasteiger partial charge in [-0.15, -0.1) is 11.3 Å². The number of fused-ring (bicyclic) bond motifs is 1. The Morgan fingerprint density at radius 3 is 2.78 bits per heavy atom. The second kappa shape index (κ2) is 4.07. The van der Waals surface area contributed by atoms with Gasteiger partial charge in [-0.05, 0) is 26.0 Å². The lowest BCUT2D eigenvalue weighted by molar-refractivity contribution is -0.110. The number of nitrogens with one attached hydrogen (secondary N) is 1. The summed E-state index contributed by atoms with van der Waals surface area (Å²) >= 11 is 1.61. The van der Waals surface area contributed by atoms with Crippen LogP contribution in [0.15, 0.2) is 24.3 Å². The summed E-state index contributed by atoms with van der Waals surface area (Å²) in [5.74, 6) is -0.0401. The zero-order chi connectivity index (χ0) is 12.7. The summed E-state index contributed by atoms with van der Waals surface area (Å²) in [5, 5.41) is 3.89. The fourth-order valence-corrected chi connectivity index (χ4v) is 2.97. The average Bonchev–Trinajstić information content (AvgIpc) is 2.81. The summed E-state index contributed by atoms with van der Waals surface area (Å²) < 4.78 is 0. The lowest BCUT2D eigenvalue weighted by atomic mass is 10.1.